The van der Waals surface area contributed by atoms with Gasteiger partial charge in [0.05, 0.1) is 0 Å². The van der Waals surface area contributed by atoms with Crippen molar-refractivity contribution < 1.29 is 19.5 Å². The summed E-state index contributed by atoms with van der Waals surface area (Å²) in [4.78, 5) is 35.9. The Balaban J connectivity index is 1.65. The molecule has 2 amide bonds. The first-order valence-corrected chi connectivity index (χ1v) is 7.40. The van der Waals surface area contributed by atoms with E-state index in [1.54, 1.807) is 0 Å². The molecule has 23 heavy (non-hydrogen) atoms. The van der Waals surface area contributed by atoms with Gasteiger partial charge in [0.15, 0.2) is 0 Å². The van der Waals surface area contributed by atoms with Crippen molar-refractivity contribution in [3.63, 3.8) is 0 Å². The minimum absolute atomic E-state index is 0.116. The number of carbonyl (C=O) groups is 3. The number of para-hydroxylation sites is 1. The number of fused-ring (bicyclic) bond motifs is 1. The van der Waals surface area contributed by atoms with Gasteiger partial charge in [-0.3, -0.25) is 9.59 Å². The summed E-state index contributed by atoms with van der Waals surface area (Å²) in [5.41, 5.74) is 2.22. The molecule has 7 nitrogen and oxygen atoms in total. The molecule has 0 fully saturated rings. The number of benzene rings is 1. The zero-order valence-electron chi connectivity index (χ0n) is 12.6. The van der Waals surface area contributed by atoms with Crippen LogP contribution in [0.15, 0.2) is 30.5 Å². The average Bonchev–Trinajstić information content (AvgIpc) is 2.94. The molecule has 0 aliphatic heterocycles. The Bertz CT molecular complexity index is 708. The van der Waals surface area contributed by atoms with Crippen LogP contribution in [0.3, 0.4) is 0 Å². The Hall–Kier alpha value is -2.83. The summed E-state index contributed by atoms with van der Waals surface area (Å²) in [5.74, 6) is -2.69. The highest BCUT2D eigenvalue weighted by Crippen LogP contribution is 2.17. The summed E-state index contributed by atoms with van der Waals surface area (Å²) < 4.78 is 0. The summed E-state index contributed by atoms with van der Waals surface area (Å²) in [5, 5.41) is 14.6. The number of hydrogen-bond donors (Lipinski definition) is 4. The number of aromatic nitrogens is 1. The van der Waals surface area contributed by atoms with E-state index >= 15 is 0 Å². The second kappa shape index (κ2) is 7.98. The smallest absolute Gasteiger partial charge is 0.394 e. The minimum Gasteiger partial charge on any atom is -0.474 e. The van der Waals surface area contributed by atoms with Crippen LogP contribution in [-0.4, -0.2) is 41.0 Å². The van der Waals surface area contributed by atoms with Crippen molar-refractivity contribution in [1.29, 1.82) is 0 Å². The van der Waals surface area contributed by atoms with E-state index in [9.17, 15) is 14.4 Å². The number of rotatable bonds is 7. The monoisotopic (exact) mass is 317 g/mol. The fourth-order valence-corrected chi connectivity index (χ4v) is 2.29. The summed E-state index contributed by atoms with van der Waals surface area (Å²) >= 11 is 0. The average molecular weight is 317 g/mol. The van der Waals surface area contributed by atoms with E-state index in [-0.39, 0.29) is 18.9 Å². The minimum atomic E-state index is -1.52. The molecule has 0 radical (unpaired) electrons. The number of carboxylic acids is 1. The third-order valence-electron chi connectivity index (χ3n) is 3.45. The third-order valence-corrected chi connectivity index (χ3v) is 3.45. The zero-order valence-corrected chi connectivity index (χ0v) is 12.6. The summed E-state index contributed by atoms with van der Waals surface area (Å²) in [6, 6.07) is 7.98. The van der Waals surface area contributed by atoms with Crippen molar-refractivity contribution in [2.45, 2.75) is 19.3 Å². The van der Waals surface area contributed by atoms with Crippen molar-refractivity contribution >= 4 is 28.7 Å². The fraction of sp³-hybridized carbons (Fsp3) is 0.312. The summed E-state index contributed by atoms with van der Waals surface area (Å²) in [6.07, 6.45) is 3.31. The molecule has 0 unspecified atom stereocenters. The Morgan fingerprint density at radius 1 is 1.09 bits per heavy atom. The van der Waals surface area contributed by atoms with Crippen LogP contribution in [0.25, 0.3) is 10.9 Å². The highest BCUT2D eigenvalue weighted by atomic mass is 16.4. The number of carbonyl (C=O) groups excluding carboxylic acids is 2. The number of aromatic amines is 1. The van der Waals surface area contributed by atoms with E-state index in [0.29, 0.717) is 13.0 Å². The molecular weight excluding hydrogens is 298 g/mol. The van der Waals surface area contributed by atoms with E-state index in [1.165, 1.54) is 0 Å². The topological polar surface area (TPSA) is 111 Å². The fourth-order valence-electron chi connectivity index (χ4n) is 2.29. The highest BCUT2D eigenvalue weighted by Gasteiger charge is 2.10. The maximum Gasteiger partial charge on any atom is 0.394 e. The molecule has 7 heteroatoms. The molecule has 1 aromatic carbocycles. The van der Waals surface area contributed by atoms with Crippen LogP contribution in [0.5, 0.6) is 0 Å². The molecule has 4 N–H and O–H groups in total. The Kier molecular flexibility index (Phi) is 5.74. The largest absolute Gasteiger partial charge is 0.474 e. The molecule has 0 bridgehead atoms. The lowest BCUT2D eigenvalue weighted by molar-refractivity contribution is -0.150. The summed E-state index contributed by atoms with van der Waals surface area (Å²) in [7, 11) is 0. The van der Waals surface area contributed by atoms with Crippen LogP contribution in [-0.2, 0) is 20.8 Å². The molecule has 2 rings (SSSR count). The van der Waals surface area contributed by atoms with E-state index in [4.69, 9.17) is 5.11 Å². The number of amides is 2. The van der Waals surface area contributed by atoms with Crippen molar-refractivity contribution in [2.75, 3.05) is 13.1 Å². The van der Waals surface area contributed by atoms with Crippen molar-refractivity contribution in [2.24, 2.45) is 0 Å². The van der Waals surface area contributed by atoms with Gasteiger partial charge < -0.3 is 20.7 Å². The van der Waals surface area contributed by atoms with Crippen LogP contribution in [0.2, 0.25) is 0 Å². The van der Waals surface area contributed by atoms with Crippen molar-refractivity contribution in [3.05, 3.63) is 36.0 Å². The first-order valence-electron chi connectivity index (χ1n) is 7.40. The van der Waals surface area contributed by atoms with Crippen LogP contribution in [0.1, 0.15) is 18.4 Å². The number of hydrogen-bond acceptors (Lipinski definition) is 3. The van der Waals surface area contributed by atoms with Crippen LogP contribution < -0.4 is 10.6 Å². The Morgan fingerprint density at radius 3 is 2.65 bits per heavy atom. The SMILES string of the molecule is O=C(CCCNC(=O)C(=O)O)NCCc1c[nH]c2ccccc12. The third kappa shape index (κ3) is 4.84. The Labute approximate surface area is 133 Å². The molecule has 122 valence electrons. The van der Waals surface area contributed by atoms with Gasteiger partial charge in [0.1, 0.15) is 0 Å². The van der Waals surface area contributed by atoms with Gasteiger partial charge in [-0.1, -0.05) is 18.2 Å². The maximum absolute atomic E-state index is 11.7. The lowest BCUT2D eigenvalue weighted by atomic mass is 10.1. The molecule has 0 spiro atoms. The molecule has 2 aromatic rings. The molecule has 1 aromatic heterocycles. The van der Waals surface area contributed by atoms with Gasteiger partial charge >= 0.3 is 11.9 Å². The normalized spacial score (nSPS) is 10.4. The van der Waals surface area contributed by atoms with Gasteiger partial charge in [-0.15, -0.1) is 0 Å². The van der Waals surface area contributed by atoms with Gasteiger partial charge in [0.2, 0.25) is 5.91 Å². The molecule has 0 saturated carbocycles. The lowest BCUT2D eigenvalue weighted by Crippen LogP contribution is -2.32. The van der Waals surface area contributed by atoms with Crippen LogP contribution in [0, 0.1) is 0 Å². The molecule has 1 heterocycles. The van der Waals surface area contributed by atoms with E-state index in [1.807, 2.05) is 30.5 Å². The molecule has 0 atom stereocenters. The van der Waals surface area contributed by atoms with E-state index in [2.05, 4.69) is 15.6 Å². The first-order chi connectivity index (χ1) is 11.1. The maximum atomic E-state index is 11.7. The van der Waals surface area contributed by atoms with Gasteiger partial charge in [-0.05, 0) is 24.5 Å². The highest BCUT2D eigenvalue weighted by molar-refractivity contribution is 6.31. The van der Waals surface area contributed by atoms with E-state index in [0.717, 1.165) is 22.9 Å². The summed E-state index contributed by atoms with van der Waals surface area (Å²) in [6.45, 7) is 0.698. The molecule has 0 aliphatic rings. The van der Waals surface area contributed by atoms with Crippen molar-refractivity contribution in [3.8, 4) is 0 Å². The number of H-pyrrole nitrogens is 1. The second-order valence-electron chi connectivity index (χ2n) is 5.12. The van der Waals surface area contributed by atoms with Gasteiger partial charge in [-0.25, -0.2) is 4.79 Å². The van der Waals surface area contributed by atoms with Crippen molar-refractivity contribution in [1.82, 2.24) is 15.6 Å². The molecular formula is C16H19N3O4. The van der Waals surface area contributed by atoms with Gasteiger partial charge in [-0.2, -0.15) is 0 Å². The zero-order chi connectivity index (χ0) is 16.7. The van der Waals surface area contributed by atoms with Gasteiger partial charge in [0, 0.05) is 36.6 Å². The quantitative estimate of drug-likeness (QED) is 0.447. The molecule has 0 saturated heterocycles. The first kappa shape index (κ1) is 16.5. The predicted molar refractivity (Wildman–Crippen MR) is 84.9 cm³/mol. The number of aliphatic carboxylic acids is 1. The van der Waals surface area contributed by atoms with E-state index < -0.39 is 11.9 Å². The molecule has 0 aliphatic carbocycles. The van der Waals surface area contributed by atoms with Crippen LogP contribution in [0.4, 0.5) is 0 Å². The number of carboxylic acid groups (broad SMARTS) is 1. The predicted octanol–water partition coefficient (Wildman–Crippen LogP) is 0.808. The lowest BCUT2D eigenvalue weighted by Gasteiger charge is -2.05. The van der Waals surface area contributed by atoms with Crippen LogP contribution >= 0.6 is 0 Å². The standard InChI is InChI=1S/C16H19N3O4/c20-14(6-3-8-18-15(21)16(22)23)17-9-7-11-10-19-13-5-2-1-4-12(11)13/h1-2,4-5,10,19H,3,6-9H2,(H,17,20)(H,18,21)(H,22,23). The Morgan fingerprint density at radius 2 is 1.87 bits per heavy atom. The second-order valence-corrected chi connectivity index (χ2v) is 5.12. The van der Waals surface area contributed by atoms with Gasteiger partial charge in [0.25, 0.3) is 0 Å². The number of nitrogens with one attached hydrogen (secondary N) is 3.